The number of Topliss-reactive ketones (excluding diaryl/α,β-unsaturated/α-hetero) is 1. The van der Waals surface area contributed by atoms with E-state index in [4.69, 9.17) is 21.1 Å². The smallest absolute Gasteiger partial charge is 0.305 e. The average Bonchev–Trinajstić information content (AvgIpc) is 2.43. The zero-order valence-electron chi connectivity index (χ0n) is 11.8. The van der Waals surface area contributed by atoms with Gasteiger partial charge in [0.05, 0.1) is 19.3 Å². The molecule has 20 heavy (non-hydrogen) atoms. The number of methoxy groups -OCH3 is 1. The average molecular weight is 299 g/mol. The van der Waals surface area contributed by atoms with Crippen LogP contribution in [0.25, 0.3) is 0 Å². The van der Waals surface area contributed by atoms with Crippen LogP contribution in [0.2, 0.25) is 5.02 Å². The number of ether oxygens (including phenoxy) is 2. The second-order valence-corrected chi connectivity index (χ2v) is 4.72. The SMILES string of the molecule is CCOC(=O)CCCCC(=O)c1cc(Cl)ccc1OC. The summed E-state index contributed by atoms with van der Waals surface area (Å²) in [6, 6.07) is 4.96. The number of benzene rings is 1. The number of halogens is 1. The molecule has 0 aliphatic heterocycles. The lowest BCUT2D eigenvalue weighted by Gasteiger charge is -2.08. The van der Waals surface area contributed by atoms with Crippen LogP contribution in [0.5, 0.6) is 5.75 Å². The van der Waals surface area contributed by atoms with E-state index in [9.17, 15) is 9.59 Å². The van der Waals surface area contributed by atoms with Crippen molar-refractivity contribution < 1.29 is 19.1 Å². The van der Waals surface area contributed by atoms with Gasteiger partial charge in [0.2, 0.25) is 0 Å². The summed E-state index contributed by atoms with van der Waals surface area (Å²) in [6.45, 7) is 2.16. The van der Waals surface area contributed by atoms with Gasteiger partial charge in [-0.15, -0.1) is 0 Å². The van der Waals surface area contributed by atoms with Crippen LogP contribution >= 0.6 is 11.6 Å². The molecule has 0 unspecified atom stereocenters. The fraction of sp³-hybridized carbons (Fsp3) is 0.467. The number of rotatable bonds is 8. The van der Waals surface area contributed by atoms with Gasteiger partial charge < -0.3 is 9.47 Å². The van der Waals surface area contributed by atoms with Crippen molar-refractivity contribution in [3.63, 3.8) is 0 Å². The summed E-state index contributed by atoms with van der Waals surface area (Å²) < 4.78 is 9.97. The van der Waals surface area contributed by atoms with E-state index < -0.39 is 0 Å². The maximum absolute atomic E-state index is 12.1. The minimum atomic E-state index is -0.222. The normalized spacial score (nSPS) is 10.2. The second-order valence-electron chi connectivity index (χ2n) is 4.28. The highest BCUT2D eigenvalue weighted by Crippen LogP contribution is 2.24. The van der Waals surface area contributed by atoms with E-state index in [0.717, 1.165) is 0 Å². The highest BCUT2D eigenvalue weighted by atomic mass is 35.5. The number of hydrogen-bond donors (Lipinski definition) is 0. The number of ketones is 1. The molecule has 0 fully saturated rings. The minimum Gasteiger partial charge on any atom is -0.496 e. The Balaban J connectivity index is 2.47. The summed E-state index contributed by atoms with van der Waals surface area (Å²) in [6.07, 6.45) is 1.96. The van der Waals surface area contributed by atoms with Crippen molar-refractivity contribution in [2.24, 2.45) is 0 Å². The molecule has 0 aliphatic carbocycles. The molecule has 0 saturated carbocycles. The third kappa shape index (κ3) is 5.21. The fourth-order valence-corrected chi connectivity index (χ4v) is 1.99. The van der Waals surface area contributed by atoms with Gasteiger partial charge in [-0.1, -0.05) is 11.6 Å². The predicted molar refractivity (Wildman–Crippen MR) is 77.4 cm³/mol. The number of hydrogen-bond acceptors (Lipinski definition) is 4. The van der Waals surface area contributed by atoms with Gasteiger partial charge in [0, 0.05) is 17.9 Å². The lowest BCUT2D eigenvalue weighted by molar-refractivity contribution is -0.143. The van der Waals surface area contributed by atoms with Crippen molar-refractivity contribution in [3.8, 4) is 5.75 Å². The third-order valence-electron chi connectivity index (χ3n) is 2.80. The van der Waals surface area contributed by atoms with Crippen LogP contribution in [-0.2, 0) is 9.53 Å². The molecule has 0 heterocycles. The van der Waals surface area contributed by atoms with Crippen LogP contribution in [0.15, 0.2) is 18.2 Å². The first-order chi connectivity index (χ1) is 9.58. The molecular weight excluding hydrogens is 280 g/mol. The largest absolute Gasteiger partial charge is 0.496 e. The molecule has 1 rings (SSSR count). The van der Waals surface area contributed by atoms with Crippen LogP contribution < -0.4 is 4.74 Å². The van der Waals surface area contributed by atoms with E-state index in [2.05, 4.69) is 0 Å². The Bertz CT molecular complexity index is 471. The molecular formula is C15H19ClO4. The van der Waals surface area contributed by atoms with E-state index in [1.807, 2.05) is 0 Å². The Kier molecular flexibility index (Phi) is 7.09. The van der Waals surface area contributed by atoms with Crippen LogP contribution in [0.1, 0.15) is 43.0 Å². The van der Waals surface area contributed by atoms with Crippen LogP contribution in [0.3, 0.4) is 0 Å². The summed E-state index contributed by atoms with van der Waals surface area (Å²) in [7, 11) is 1.51. The molecule has 0 N–H and O–H groups in total. The molecule has 0 amide bonds. The van der Waals surface area contributed by atoms with Gasteiger partial charge >= 0.3 is 5.97 Å². The molecule has 0 atom stereocenters. The van der Waals surface area contributed by atoms with Gasteiger partial charge in [0.1, 0.15) is 5.75 Å². The van der Waals surface area contributed by atoms with Crippen molar-refractivity contribution in [1.29, 1.82) is 0 Å². The topological polar surface area (TPSA) is 52.6 Å². The summed E-state index contributed by atoms with van der Waals surface area (Å²) >= 11 is 5.89. The van der Waals surface area contributed by atoms with E-state index in [0.29, 0.717) is 48.6 Å². The van der Waals surface area contributed by atoms with Gasteiger partial charge in [-0.05, 0) is 38.0 Å². The molecule has 5 heteroatoms. The highest BCUT2D eigenvalue weighted by Gasteiger charge is 2.13. The van der Waals surface area contributed by atoms with Crippen LogP contribution in [-0.4, -0.2) is 25.5 Å². The van der Waals surface area contributed by atoms with Gasteiger partial charge in [-0.25, -0.2) is 0 Å². The van der Waals surface area contributed by atoms with Crippen molar-refractivity contribution in [3.05, 3.63) is 28.8 Å². The molecule has 1 aromatic carbocycles. The fourth-order valence-electron chi connectivity index (χ4n) is 1.82. The Morgan fingerprint density at radius 3 is 2.55 bits per heavy atom. The molecule has 0 radical (unpaired) electrons. The molecule has 0 bridgehead atoms. The summed E-state index contributed by atoms with van der Waals surface area (Å²) in [4.78, 5) is 23.3. The Hall–Kier alpha value is -1.55. The Labute approximate surface area is 124 Å². The van der Waals surface area contributed by atoms with Crippen LogP contribution in [0.4, 0.5) is 0 Å². The molecule has 4 nitrogen and oxygen atoms in total. The Morgan fingerprint density at radius 1 is 1.20 bits per heavy atom. The predicted octanol–water partition coefficient (Wildman–Crippen LogP) is 3.65. The molecule has 110 valence electrons. The zero-order chi connectivity index (χ0) is 15.0. The van der Waals surface area contributed by atoms with Crippen molar-refractivity contribution in [2.45, 2.75) is 32.6 Å². The quantitative estimate of drug-likeness (QED) is 0.417. The summed E-state index contributed by atoms with van der Waals surface area (Å²) in [5.74, 6) is 0.262. The molecule has 0 aromatic heterocycles. The molecule has 0 spiro atoms. The number of esters is 1. The maximum atomic E-state index is 12.1. The molecule has 0 aliphatic rings. The Morgan fingerprint density at radius 2 is 1.90 bits per heavy atom. The number of carbonyl (C=O) groups excluding carboxylic acids is 2. The van der Waals surface area contributed by atoms with Gasteiger partial charge in [0.25, 0.3) is 0 Å². The van der Waals surface area contributed by atoms with E-state index >= 15 is 0 Å². The standard InChI is InChI=1S/C15H19ClO4/c1-3-20-15(18)7-5-4-6-13(17)12-10-11(16)8-9-14(12)19-2/h8-10H,3-7H2,1-2H3. The van der Waals surface area contributed by atoms with Crippen molar-refractivity contribution >= 4 is 23.4 Å². The first-order valence-electron chi connectivity index (χ1n) is 6.60. The summed E-state index contributed by atoms with van der Waals surface area (Å²) in [5.41, 5.74) is 0.483. The third-order valence-corrected chi connectivity index (χ3v) is 3.04. The van der Waals surface area contributed by atoms with E-state index in [1.54, 1.807) is 25.1 Å². The lowest BCUT2D eigenvalue weighted by atomic mass is 10.0. The summed E-state index contributed by atoms with van der Waals surface area (Å²) in [5, 5.41) is 0.501. The van der Waals surface area contributed by atoms with E-state index in [-0.39, 0.29) is 11.8 Å². The minimum absolute atomic E-state index is 0.0341. The second kappa shape index (κ2) is 8.59. The molecule has 1 aromatic rings. The zero-order valence-corrected chi connectivity index (χ0v) is 12.5. The number of unbranched alkanes of at least 4 members (excludes halogenated alkanes) is 1. The monoisotopic (exact) mass is 298 g/mol. The maximum Gasteiger partial charge on any atom is 0.305 e. The molecule has 0 saturated heterocycles. The van der Waals surface area contributed by atoms with Crippen molar-refractivity contribution in [1.82, 2.24) is 0 Å². The lowest BCUT2D eigenvalue weighted by Crippen LogP contribution is -2.05. The first kappa shape index (κ1) is 16.5. The first-order valence-corrected chi connectivity index (χ1v) is 6.98. The van der Waals surface area contributed by atoms with Gasteiger partial charge in [0.15, 0.2) is 5.78 Å². The van der Waals surface area contributed by atoms with E-state index in [1.165, 1.54) is 7.11 Å². The van der Waals surface area contributed by atoms with Crippen molar-refractivity contribution in [2.75, 3.05) is 13.7 Å². The highest BCUT2D eigenvalue weighted by molar-refractivity contribution is 6.31. The van der Waals surface area contributed by atoms with Gasteiger partial charge in [-0.3, -0.25) is 9.59 Å². The van der Waals surface area contributed by atoms with Crippen LogP contribution in [0, 0.1) is 0 Å². The van der Waals surface area contributed by atoms with Gasteiger partial charge in [-0.2, -0.15) is 0 Å². The number of carbonyl (C=O) groups is 2.